The van der Waals surface area contributed by atoms with Crippen molar-refractivity contribution >= 4 is 22.6 Å². The standard InChI is InChI=1S/C8H9IO/c1-8(9,10)7-5-3-2-4-6-7/h2-6,10H,1H3. The van der Waals surface area contributed by atoms with Crippen LogP contribution >= 0.6 is 22.6 Å². The molecular formula is C8H9IO. The minimum absolute atomic E-state index is 0.737. The van der Waals surface area contributed by atoms with Crippen molar-refractivity contribution in [1.82, 2.24) is 0 Å². The van der Waals surface area contributed by atoms with Gasteiger partial charge in [-0.3, -0.25) is 0 Å². The van der Waals surface area contributed by atoms with Gasteiger partial charge in [0.2, 0.25) is 0 Å². The lowest BCUT2D eigenvalue weighted by Gasteiger charge is -2.14. The molecule has 0 aliphatic carbocycles. The summed E-state index contributed by atoms with van der Waals surface area (Å²) in [6.45, 7) is 1.77. The molecule has 1 unspecified atom stereocenters. The van der Waals surface area contributed by atoms with Crippen LogP contribution in [-0.4, -0.2) is 5.11 Å². The van der Waals surface area contributed by atoms with Crippen LogP contribution in [0.2, 0.25) is 0 Å². The third-order valence-corrected chi connectivity index (χ3v) is 1.92. The zero-order chi connectivity index (χ0) is 7.61. The zero-order valence-corrected chi connectivity index (χ0v) is 7.87. The maximum absolute atomic E-state index is 9.48. The van der Waals surface area contributed by atoms with Crippen molar-refractivity contribution in [3.05, 3.63) is 35.9 Å². The van der Waals surface area contributed by atoms with Crippen LogP contribution in [0.3, 0.4) is 0 Å². The van der Waals surface area contributed by atoms with Gasteiger partial charge in [-0.05, 0) is 35.1 Å². The molecule has 0 aliphatic heterocycles. The number of aliphatic hydroxyl groups is 1. The van der Waals surface area contributed by atoms with Gasteiger partial charge in [0.15, 0.2) is 0 Å². The fraction of sp³-hybridized carbons (Fsp3) is 0.250. The molecule has 0 saturated heterocycles. The highest BCUT2D eigenvalue weighted by atomic mass is 127. The number of halogens is 1. The number of benzene rings is 1. The molecule has 0 saturated carbocycles. The van der Waals surface area contributed by atoms with E-state index in [1.54, 1.807) is 6.92 Å². The van der Waals surface area contributed by atoms with Crippen molar-refractivity contribution in [1.29, 1.82) is 0 Å². The summed E-state index contributed by atoms with van der Waals surface area (Å²) in [6.07, 6.45) is 0. The quantitative estimate of drug-likeness (QED) is 0.597. The summed E-state index contributed by atoms with van der Waals surface area (Å²) in [5.74, 6) is 0. The largest absolute Gasteiger partial charge is 0.376 e. The number of alkyl halides is 1. The topological polar surface area (TPSA) is 20.2 Å². The average molecular weight is 248 g/mol. The molecule has 1 aromatic rings. The Bertz CT molecular complexity index is 200. The first-order valence-corrected chi connectivity index (χ1v) is 4.15. The minimum Gasteiger partial charge on any atom is -0.376 e. The van der Waals surface area contributed by atoms with Crippen LogP contribution in [-0.2, 0) is 3.61 Å². The number of rotatable bonds is 1. The molecule has 1 atom stereocenters. The number of hydrogen-bond acceptors (Lipinski definition) is 1. The molecular weight excluding hydrogens is 239 g/mol. The van der Waals surface area contributed by atoms with E-state index in [-0.39, 0.29) is 0 Å². The molecule has 0 spiro atoms. The molecule has 0 heterocycles. The summed E-state index contributed by atoms with van der Waals surface area (Å²) in [5.41, 5.74) is 0.940. The van der Waals surface area contributed by atoms with Crippen LogP contribution in [0.25, 0.3) is 0 Å². The molecule has 10 heavy (non-hydrogen) atoms. The first-order valence-electron chi connectivity index (χ1n) is 3.07. The second-order valence-corrected chi connectivity index (χ2v) is 4.42. The van der Waals surface area contributed by atoms with Crippen LogP contribution in [0.5, 0.6) is 0 Å². The first-order chi connectivity index (χ1) is 4.61. The van der Waals surface area contributed by atoms with Crippen molar-refractivity contribution in [2.45, 2.75) is 10.5 Å². The van der Waals surface area contributed by atoms with Crippen molar-refractivity contribution in [2.24, 2.45) is 0 Å². The van der Waals surface area contributed by atoms with Gasteiger partial charge in [-0.15, -0.1) is 0 Å². The van der Waals surface area contributed by atoms with Gasteiger partial charge in [-0.25, -0.2) is 0 Å². The van der Waals surface area contributed by atoms with Crippen LogP contribution in [0.15, 0.2) is 30.3 Å². The molecule has 1 rings (SSSR count). The highest BCUT2D eigenvalue weighted by molar-refractivity contribution is 14.1. The Morgan fingerprint density at radius 1 is 1.30 bits per heavy atom. The summed E-state index contributed by atoms with van der Waals surface area (Å²) in [4.78, 5) is 0. The molecule has 1 N–H and O–H groups in total. The first kappa shape index (κ1) is 8.01. The molecule has 0 aliphatic rings. The van der Waals surface area contributed by atoms with E-state index in [1.807, 2.05) is 52.9 Å². The van der Waals surface area contributed by atoms with Crippen LogP contribution in [0.4, 0.5) is 0 Å². The lowest BCUT2D eigenvalue weighted by atomic mass is 10.1. The van der Waals surface area contributed by atoms with E-state index in [9.17, 15) is 5.11 Å². The average Bonchev–Trinajstić information content (AvgIpc) is 1.88. The Morgan fingerprint density at radius 2 is 1.80 bits per heavy atom. The Labute approximate surface area is 74.2 Å². The Balaban J connectivity index is 2.97. The van der Waals surface area contributed by atoms with Gasteiger partial charge in [0.1, 0.15) is 3.61 Å². The van der Waals surface area contributed by atoms with Gasteiger partial charge in [-0.1, -0.05) is 30.3 Å². The maximum atomic E-state index is 9.48. The Kier molecular flexibility index (Phi) is 2.31. The van der Waals surface area contributed by atoms with E-state index >= 15 is 0 Å². The van der Waals surface area contributed by atoms with E-state index in [2.05, 4.69) is 0 Å². The molecule has 0 aromatic heterocycles. The molecule has 1 aromatic carbocycles. The predicted molar refractivity (Wildman–Crippen MR) is 50.0 cm³/mol. The van der Waals surface area contributed by atoms with Gasteiger partial charge < -0.3 is 5.11 Å². The SMILES string of the molecule is CC(O)(I)c1ccccc1. The molecule has 2 heteroatoms. The van der Waals surface area contributed by atoms with Crippen molar-refractivity contribution < 1.29 is 5.11 Å². The van der Waals surface area contributed by atoms with Crippen molar-refractivity contribution in [3.63, 3.8) is 0 Å². The molecule has 0 bridgehead atoms. The van der Waals surface area contributed by atoms with Crippen LogP contribution in [0, 0.1) is 0 Å². The van der Waals surface area contributed by atoms with Gasteiger partial charge in [0.05, 0.1) is 0 Å². The van der Waals surface area contributed by atoms with Gasteiger partial charge in [0, 0.05) is 0 Å². The van der Waals surface area contributed by atoms with Gasteiger partial charge in [0.25, 0.3) is 0 Å². The highest BCUT2D eigenvalue weighted by Gasteiger charge is 2.16. The highest BCUT2D eigenvalue weighted by Crippen LogP contribution is 2.26. The molecule has 0 amide bonds. The maximum Gasteiger partial charge on any atom is 0.138 e. The molecule has 1 nitrogen and oxygen atoms in total. The summed E-state index contributed by atoms with van der Waals surface area (Å²) < 4.78 is -0.737. The van der Waals surface area contributed by atoms with E-state index in [1.165, 1.54) is 0 Å². The third-order valence-electron chi connectivity index (χ3n) is 1.30. The van der Waals surface area contributed by atoms with Crippen LogP contribution < -0.4 is 0 Å². The van der Waals surface area contributed by atoms with E-state index in [0.29, 0.717) is 0 Å². The van der Waals surface area contributed by atoms with Crippen molar-refractivity contribution in [3.8, 4) is 0 Å². The van der Waals surface area contributed by atoms with E-state index in [4.69, 9.17) is 0 Å². The minimum atomic E-state index is -0.737. The second-order valence-electron chi connectivity index (χ2n) is 2.32. The van der Waals surface area contributed by atoms with Crippen LogP contribution in [0.1, 0.15) is 12.5 Å². The fourth-order valence-corrected chi connectivity index (χ4v) is 1.10. The Morgan fingerprint density at radius 3 is 2.10 bits per heavy atom. The second kappa shape index (κ2) is 2.88. The smallest absolute Gasteiger partial charge is 0.138 e. The molecule has 54 valence electrons. The molecule has 0 radical (unpaired) electrons. The lowest BCUT2D eigenvalue weighted by molar-refractivity contribution is 0.179. The normalized spacial score (nSPS) is 16.3. The summed E-state index contributed by atoms with van der Waals surface area (Å²) in [7, 11) is 0. The third kappa shape index (κ3) is 1.95. The van der Waals surface area contributed by atoms with Gasteiger partial charge in [-0.2, -0.15) is 0 Å². The Hall–Kier alpha value is -0.0900. The number of hydrogen-bond donors (Lipinski definition) is 1. The summed E-state index contributed by atoms with van der Waals surface area (Å²) in [6, 6.07) is 9.59. The predicted octanol–water partition coefficient (Wildman–Crippen LogP) is 2.29. The lowest BCUT2D eigenvalue weighted by Crippen LogP contribution is -2.09. The van der Waals surface area contributed by atoms with Gasteiger partial charge >= 0.3 is 0 Å². The fourth-order valence-electron chi connectivity index (χ4n) is 0.742. The van der Waals surface area contributed by atoms with Crippen molar-refractivity contribution in [2.75, 3.05) is 0 Å². The summed E-state index contributed by atoms with van der Waals surface area (Å²) in [5, 5.41) is 9.48. The zero-order valence-electron chi connectivity index (χ0n) is 5.71. The monoisotopic (exact) mass is 248 g/mol. The van der Waals surface area contributed by atoms with E-state index in [0.717, 1.165) is 5.56 Å². The summed E-state index contributed by atoms with van der Waals surface area (Å²) >= 11 is 2.00. The molecule has 0 fully saturated rings. The van der Waals surface area contributed by atoms with E-state index < -0.39 is 3.61 Å².